The number of carbonyl (C=O) groups is 1. The Morgan fingerprint density at radius 1 is 1.25 bits per heavy atom. The van der Waals surface area contributed by atoms with E-state index in [1.165, 1.54) is 4.90 Å². The molecule has 0 saturated heterocycles. The summed E-state index contributed by atoms with van der Waals surface area (Å²) in [5, 5.41) is 8.92. The predicted molar refractivity (Wildman–Crippen MR) is 76.8 cm³/mol. The summed E-state index contributed by atoms with van der Waals surface area (Å²) in [5.41, 5.74) is 2.66. The maximum Gasteiger partial charge on any atom is 0.261 e. The maximum atomic E-state index is 12.6. The van der Waals surface area contributed by atoms with Crippen molar-refractivity contribution < 1.29 is 9.21 Å². The maximum absolute atomic E-state index is 12.6. The van der Waals surface area contributed by atoms with Crippen LogP contribution in [0.5, 0.6) is 0 Å². The Morgan fingerprint density at radius 2 is 1.95 bits per heavy atom. The zero-order chi connectivity index (χ0) is 14.9. The van der Waals surface area contributed by atoms with E-state index in [2.05, 4.69) is 6.07 Å². The molecule has 4 heteroatoms. The molecule has 0 radical (unpaired) electrons. The molecule has 1 heterocycles. The van der Waals surface area contributed by atoms with Crippen LogP contribution in [-0.4, -0.2) is 13.0 Å². The first-order chi connectivity index (χ1) is 9.45. The lowest BCUT2D eigenvalue weighted by Gasteiger charge is -2.17. The van der Waals surface area contributed by atoms with Gasteiger partial charge in [0.15, 0.2) is 0 Å². The van der Waals surface area contributed by atoms with E-state index in [9.17, 15) is 4.79 Å². The molecule has 20 heavy (non-hydrogen) atoms. The largest absolute Gasteiger partial charge is 0.466 e. The number of hydrogen-bond donors (Lipinski definition) is 0. The summed E-state index contributed by atoms with van der Waals surface area (Å²) in [7, 11) is 1.69. The fraction of sp³-hybridized carbons (Fsp3) is 0.250. The van der Waals surface area contributed by atoms with E-state index in [0.29, 0.717) is 22.6 Å². The lowest BCUT2D eigenvalue weighted by atomic mass is 10.1. The molecule has 0 aliphatic rings. The normalized spacial score (nSPS) is 10.2. The van der Waals surface area contributed by atoms with E-state index in [4.69, 9.17) is 9.68 Å². The fourth-order valence-electron chi connectivity index (χ4n) is 2.18. The predicted octanol–water partition coefficient (Wildman–Crippen LogP) is 3.35. The summed E-state index contributed by atoms with van der Waals surface area (Å²) < 4.78 is 5.50. The topological polar surface area (TPSA) is 57.2 Å². The number of nitrogens with zero attached hydrogens (tertiary/aromatic N) is 2. The lowest BCUT2D eigenvalue weighted by Crippen LogP contribution is -2.27. The van der Waals surface area contributed by atoms with E-state index in [1.807, 2.05) is 13.8 Å². The second-order valence-corrected chi connectivity index (χ2v) is 4.74. The quantitative estimate of drug-likeness (QED) is 0.839. The summed E-state index contributed by atoms with van der Waals surface area (Å²) >= 11 is 0. The van der Waals surface area contributed by atoms with E-state index in [1.54, 1.807) is 38.2 Å². The fourth-order valence-corrected chi connectivity index (χ4v) is 2.18. The molecule has 1 aromatic carbocycles. The van der Waals surface area contributed by atoms with Crippen LogP contribution in [0.2, 0.25) is 0 Å². The highest BCUT2D eigenvalue weighted by Gasteiger charge is 2.22. The van der Waals surface area contributed by atoms with Crippen molar-refractivity contribution >= 4 is 11.6 Å². The number of aryl methyl sites for hydroxylation is 2. The van der Waals surface area contributed by atoms with Gasteiger partial charge in [0.25, 0.3) is 5.91 Å². The minimum Gasteiger partial charge on any atom is -0.466 e. The molecule has 102 valence electrons. The minimum absolute atomic E-state index is 0.132. The van der Waals surface area contributed by atoms with Crippen LogP contribution in [0.4, 0.5) is 5.69 Å². The molecular formula is C16H16N2O2. The SMILES string of the molecule is Cc1oc(C)c(C(=O)N(C)c2cccc(C#N)c2)c1C. The highest BCUT2D eigenvalue weighted by atomic mass is 16.3. The minimum atomic E-state index is -0.132. The van der Waals surface area contributed by atoms with Gasteiger partial charge in [-0.05, 0) is 39.0 Å². The lowest BCUT2D eigenvalue weighted by molar-refractivity contribution is 0.0991. The Bertz CT molecular complexity index is 708. The van der Waals surface area contributed by atoms with Crippen molar-refractivity contribution in [1.29, 1.82) is 5.26 Å². The second kappa shape index (κ2) is 5.22. The molecule has 1 amide bonds. The standard InChI is InChI=1S/C16H16N2O2/c1-10-11(2)20-12(3)15(10)16(19)18(4)14-7-5-6-13(8-14)9-17/h5-8H,1-4H3. The number of amides is 1. The van der Waals surface area contributed by atoms with Crippen molar-refractivity contribution in [3.63, 3.8) is 0 Å². The number of hydrogen-bond acceptors (Lipinski definition) is 3. The highest BCUT2D eigenvalue weighted by Crippen LogP contribution is 2.24. The van der Waals surface area contributed by atoms with Gasteiger partial charge in [-0.2, -0.15) is 5.26 Å². The molecule has 2 aromatic rings. The Kier molecular flexibility index (Phi) is 3.62. The van der Waals surface area contributed by atoms with Gasteiger partial charge in [0.2, 0.25) is 0 Å². The molecule has 0 fully saturated rings. The summed E-state index contributed by atoms with van der Waals surface area (Å²) in [6, 6.07) is 9.03. The van der Waals surface area contributed by atoms with Crippen molar-refractivity contribution in [1.82, 2.24) is 0 Å². The van der Waals surface area contributed by atoms with Gasteiger partial charge >= 0.3 is 0 Å². The van der Waals surface area contributed by atoms with Crippen LogP contribution in [0.25, 0.3) is 0 Å². The monoisotopic (exact) mass is 268 g/mol. The average Bonchev–Trinajstić information content (AvgIpc) is 2.70. The third kappa shape index (κ3) is 2.30. The molecular weight excluding hydrogens is 252 g/mol. The first-order valence-corrected chi connectivity index (χ1v) is 6.30. The Labute approximate surface area is 118 Å². The van der Waals surface area contributed by atoms with Crippen molar-refractivity contribution in [2.45, 2.75) is 20.8 Å². The smallest absolute Gasteiger partial charge is 0.261 e. The molecule has 0 bridgehead atoms. The summed E-state index contributed by atoms with van der Waals surface area (Å²) in [5.74, 6) is 1.24. The van der Waals surface area contributed by atoms with Crippen LogP contribution < -0.4 is 4.90 Å². The van der Waals surface area contributed by atoms with Crippen molar-refractivity contribution in [2.75, 3.05) is 11.9 Å². The van der Waals surface area contributed by atoms with Gasteiger partial charge < -0.3 is 9.32 Å². The third-order valence-electron chi connectivity index (χ3n) is 3.44. The van der Waals surface area contributed by atoms with Crippen LogP contribution in [0.15, 0.2) is 28.7 Å². The van der Waals surface area contributed by atoms with Gasteiger partial charge in [0.1, 0.15) is 11.5 Å². The second-order valence-electron chi connectivity index (χ2n) is 4.74. The highest BCUT2D eigenvalue weighted by molar-refractivity contribution is 6.07. The third-order valence-corrected chi connectivity index (χ3v) is 3.44. The zero-order valence-electron chi connectivity index (χ0n) is 12.0. The molecule has 0 atom stereocenters. The molecule has 0 saturated carbocycles. The van der Waals surface area contributed by atoms with Crippen LogP contribution in [0.1, 0.15) is 33.0 Å². The molecule has 0 N–H and O–H groups in total. The van der Waals surface area contributed by atoms with E-state index >= 15 is 0 Å². The van der Waals surface area contributed by atoms with Gasteiger partial charge in [-0.25, -0.2) is 0 Å². The van der Waals surface area contributed by atoms with E-state index in [-0.39, 0.29) is 5.91 Å². The zero-order valence-corrected chi connectivity index (χ0v) is 12.0. The Hall–Kier alpha value is -2.54. The molecule has 0 aliphatic heterocycles. The number of anilines is 1. The summed E-state index contributed by atoms with van der Waals surface area (Å²) in [6.07, 6.45) is 0. The Morgan fingerprint density at radius 3 is 2.50 bits per heavy atom. The van der Waals surface area contributed by atoms with Crippen molar-refractivity contribution in [3.05, 3.63) is 52.5 Å². The first-order valence-electron chi connectivity index (χ1n) is 6.30. The average molecular weight is 268 g/mol. The summed E-state index contributed by atoms with van der Waals surface area (Å²) in [6.45, 7) is 5.50. The van der Waals surface area contributed by atoms with Crippen LogP contribution in [-0.2, 0) is 0 Å². The number of carbonyl (C=O) groups excluding carboxylic acids is 1. The Balaban J connectivity index is 2.40. The van der Waals surface area contributed by atoms with Gasteiger partial charge in [0, 0.05) is 18.3 Å². The summed E-state index contributed by atoms with van der Waals surface area (Å²) in [4.78, 5) is 14.1. The number of benzene rings is 1. The number of furan rings is 1. The molecule has 0 unspecified atom stereocenters. The van der Waals surface area contributed by atoms with E-state index in [0.717, 1.165) is 11.3 Å². The number of nitriles is 1. The first kappa shape index (κ1) is 13.9. The van der Waals surface area contributed by atoms with Gasteiger partial charge in [-0.1, -0.05) is 6.07 Å². The van der Waals surface area contributed by atoms with Crippen LogP contribution in [0.3, 0.4) is 0 Å². The van der Waals surface area contributed by atoms with Crippen LogP contribution in [0, 0.1) is 32.1 Å². The van der Waals surface area contributed by atoms with Crippen LogP contribution >= 0.6 is 0 Å². The molecule has 1 aromatic heterocycles. The van der Waals surface area contributed by atoms with Crippen molar-refractivity contribution in [3.8, 4) is 6.07 Å². The molecule has 4 nitrogen and oxygen atoms in total. The number of rotatable bonds is 2. The van der Waals surface area contributed by atoms with E-state index < -0.39 is 0 Å². The molecule has 2 rings (SSSR count). The van der Waals surface area contributed by atoms with Gasteiger partial charge in [-0.15, -0.1) is 0 Å². The van der Waals surface area contributed by atoms with Crippen molar-refractivity contribution in [2.24, 2.45) is 0 Å². The molecule has 0 aliphatic carbocycles. The van der Waals surface area contributed by atoms with Gasteiger partial charge in [0.05, 0.1) is 17.2 Å². The molecule has 0 spiro atoms. The van der Waals surface area contributed by atoms with Gasteiger partial charge in [-0.3, -0.25) is 4.79 Å².